The number of nitrogen functional groups attached to an aromatic ring is 1. The molecule has 0 radical (unpaired) electrons. The second kappa shape index (κ2) is 5.01. The first-order chi connectivity index (χ1) is 9.74. The first kappa shape index (κ1) is 12.2. The number of benzene rings is 2. The first-order valence-corrected chi connectivity index (χ1v) is 6.24. The van der Waals surface area contributed by atoms with E-state index in [9.17, 15) is 4.79 Å². The van der Waals surface area contributed by atoms with Crippen LogP contribution in [0.3, 0.4) is 0 Å². The summed E-state index contributed by atoms with van der Waals surface area (Å²) in [5.74, 6) is -0.186. The molecule has 4 nitrogen and oxygen atoms in total. The van der Waals surface area contributed by atoms with Crippen LogP contribution >= 0.6 is 0 Å². The molecule has 1 heterocycles. The minimum atomic E-state index is -0.186. The molecule has 2 aromatic carbocycles. The molecule has 0 saturated heterocycles. The molecule has 0 atom stereocenters. The van der Waals surface area contributed by atoms with Crippen molar-refractivity contribution in [3.05, 3.63) is 66.5 Å². The third kappa shape index (κ3) is 2.31. The van der Waals surface area contributed by atoms with Gasteiger partial charge in [-0.15, -0.1) is 0 Å². The zero-order valence-corrected chi connectivity index (χ0v) is 10.7. The van der Waals surface area contributed by atoms with Gasteiger partial charge in [0.15, 0.2) is 0 Å². The van der Waals surface area contributed by atoms with Gasteiger partial charge in [-0.25, -0.2) is 0 Å². The van der Waals surface area contributed by atoms with Gasteiger partial charge in [0.2, 0.25) is 0 Å². The number of pyridine rings is 1. The second-order valence-electron chi connectivity index (χ2n) is 4.48. The molecule has 0 aliphatic heterocycles. The maximum absolute atomic E-state index is 12.2. The van der Waals surface area contributed by atoms with Gasteiger partial charge in [-0.3, -0.25) is 9.78 Å². The van der Waals surface area contributed by atoms with Crippen molar-refractivity contribution in [2.75, 3.05) is 11.1 Å². The highest BCUT2D eigenvalue weighted by Gasteiger charge is 2.08. The SMILES string of the molecule is Nc1cnccc1NC(=O)c1ccc2ccccc2c1. The van der Waals surface area contributed by atoms with E-state index in [4.69, 9.17) is 5.73 Å². The molecule has 0 aliphatic carbocycles. The van der Waals surface area contributed by atoms with Crippen LogP contribution in [0.25, 0.3) is 10.8 Å². The number of rotatable bonds is 2. The number of carbonyl (C=O) groups is 1. The number of nitrogens with zero attached hydrogens (tertiary/aromatic N) is 1. The highest BCUT2D eigenvalue weighted by atomic mass is 16.1. The van der Waals surface area contributed by atoms with Gasteiger partial charge in [0, 0.05) is 11.8 Å². The summed E-state index contributed by atoms with van der Waals surface area (Å²) < 4.78 is 0. The van der Waals surface area contributed by atoms with Crippen LogP contribution in [0.5, 0.6) is 0 Å². The molecule has 0 fully saturated rings. The standard InChI is InChI=1S/C16H13N3O/c17-14-10-18-8-7-15(14)19-16(20)13-6-5-11-3-1-2-4-12(11)9-13/h1-10H,17H2,(H,18,19,20). The van der Waals surface area contributed by atoms with Crippen LogP contribution in [0.1, 0.15) is 10.4 Å². The van der Waals surface area contributed by atoms with Gasteiger partial charge in [0.05, 0.1) is 17.6 Å². The Morgan fingerprint density at radius 1 is 1.05 bits per heavy atom. The third-order valence-electron chi connectivity index (χ3n) is 3.11. The number of fused-ring (bicyclic) bond motifs is 1. The average Bonchev–Trinajstić information content (AvgIpc) is 2.49. The van der Waals surface area contributed by atoms with E-state index >= 15 is 0 Å². The fraction of sp³-hybridized carbons (Fsp3) is 0. The number of amides is 1. The Labute approximate surface area is 116 Å². The van der Waals surface area contributed by atoms with Crippen LogP contribution in [-0.2, 0) is 0 Å². The molecule has 0 unspecified atom stereocenters. The summed E-state index contributed by atoms with van der Waals surface area (Å²) in [7, 11) is 0. The van der Waals surface area contributed by atoms with Gasteiger partial charge >= 0.3 is 0 Å². The Morgan fingerprint density at radius 2 is 1.85 bits per heavy atom. The van der Waals surface area contributed by atoms with Gasteiger partial charge in [-0.1, -0.05) is 30.3 Å². The average molecular weight is 263 g/mol. The molecule has 3 rings (SSSR count). The highest BCUT2D eigenvalue weighted by Crippen LogP contribution is 2.19. The summed E-state index contributed by atoms with van der Waals surface area (Å²) in [5, 5.41) is 4.92. The second-order valence-corrected chi connectivity index (χ2v) is 4.48. The minimum Gasteiger partial charge on any atom is -0.396 e. The number of nitrogens with two attached hydrogens (primary N) is 1. The number of hydrogen-bond acceptors (Lipinski definition) is 3. The highest BCUT2D eigenvalue weighted by molar-refractivity contribution is 6.07. The van der Waals surface area contributed by atoms with Crippen molar-refractivity contribution >= 4 is 28.1 Å². The predicted molar refractivity (Wildman–Crippen MR) is 80.6 cm³/mol. The molecule has 20 heavy (non-hydrogen) atoms. The Kier molecular flexibility index (Phi) is 3.05. The van der Waals surface area contributed by atoms with E-state index in [1.807, 2.05) is 36.4 Å². The van der Waals surface area contributed by atoms with E-state index in [0.717, 1.165) is 10.8 Å². The number of anilines is 2. The van der Waals surface area contributed by atoms with Gasteiger partial charge in [-0.05, 0) is 29.0 Å². The van der Waals surface area contributed by atoms with Crippen molar-refractivity contribution in [2.45, 2.75) is 0 Å². The largest absolute Gasteiger partial charge is 0.396 e. The van der Waals surface area contributed by atoms with E-state index in [2.05, 4.69) is 10.3 Å². The number of carbonyl (C=O) groups excluding carboxylic acids is 1. The lowest BCUT2D eigenvalue weighted by Crippen LogP contribution is -2.13. The Morgan fingerprint density at radius 3 is 2.65 bits per heavy atom. The lowest BCUT2D eigenvalue weighted by atomic mass is 10.1. The predicted octanol–water partition coefficient (Wildman–Crippen LogP) is 3.07. The van der Waals surface area contributed by atoms with Crippen molar-refractivity contribution in [2.24, 2.45) is 0 Å². The molecule has 3 N–H and O–H groups in total. The van der Waals surface area contributed by atoms with Gasteiger partial charge < -0.3 is 11.1 Å². The molecular formula is C16H13N3O. The first-order valence-electron chi connectivity index (χ1n) is 6.24. The van der Waals surface area contributed by atoms with Crippen molar-refractivity contribution < 1.29 is 4.79 Å². The van der Waals surface area contributed by atoms with Gasteiger partial charge in [-0.2, -0.15) is 0 Å². The van der Waals surface area contributed by atoms with E-state index in [0.29, 0.717) is 16.9 Å². The molecular weight excluding hydrogens is 250 g/mol. The summed E-state index contributed by atoms with van der Waals surface area (Å²) in [6, 6.07) is 15.2. The maximum Gasteiger partial charge on any atom is 0.255 e. The monoisotopic (exact) mass is 263 g/mol. The molecule has 4 heteroatoms. The summed E-state index contributed by atoms with van der Waals surface area (Å²) in [5.41, 5.74) is 7.37. The lowest BCUT2D eigenvalue weighted by Gasteiger charge is -2.08. The van der Waals surface area contributed by atoms with Crippen LogP contribution in [0.15, 0.2) is 60.9 Å². The van der Waals surface area contributed by atoms with Crippen molar-refractivity contribution in [1.29, 1.82) is 0 Å². The quantitative estimate of drug-likeness (QED) is 0.746. The molecule has 0 aliphatic rings. The van der Waals surface area contributed by atoms with Crippen LogP contribution in [0.4, 0.5) is 11.4 Å². The molecule has 0 spiro atoms. The zero-order valence-electron chi connectivity index (χ0n) is 10.7. The van der Waals surface area contributed by atoms with Gasteiger partial charge in [0.1, 0.15) is 0 Å². The summed E-state index contributed by atoms with van der Waals surface area (Å²) in [4.78, 5) is 16.1. The molecule has 0 bridgehead atoms. The van der Waals surface area contributed by atoms with E-state index in [-0.39, 0.29) is 5.91 Å². The molecule has 1 amide bonds. The van der Waals surface area contributed by atoms with Crippen LogP contribution in [0, 0.1) is 0 Å². The summed E-state index contributed by atoms with van der Waals surface area (Å²) in [6.45, 7) is 0. The molecule has 98 valence electrons. The molecule has 1 aromatic heterocycles. The van der Waals surface area contributed by atoms with Crippen molar-refractivity contribution in [3.63, 3.8) is 0 Å². The molecule has 3 aromatic rings. The third-order valence-corrected chi connectivity index (χ3v) is 3.11. The van der Waals surface area contributed by atoms with E-state index in [1.165, 1.54) is 6.20 Å². The van der Waals surface area contributed by atoms with Gasteiger partial charge in [0.25, 0.3) is 5.91 Å². The maximum atomic E-state index is 12.2. The fourth-order valence-electron chi connectivity index (χ4n) is 2.05. The van der Waals surface area contributed by atoms with E-state index in [1.54, 1.807) is 18.3 Å². The molecule has 0 saturated carbocycles. The number of nitrogens with one attached hydrogen (secondary N) is 1. The van der Waals surface area contributed by atoms with Crippen LogP contribution < -0.4 is 11.1 Å². The Bertz CT molecular complexity index is 783. The lowest BCUT2D eigenvalue weighted by molar-refractivity contribution is 0.102. The Hall–Kier alpha value is -2.88. The summed E-state index contributed by atoms with van der Waals surface area (Å²) in [6.07, 6.45) is 3.10. The van der Waals surface area contributed by atoms with Crippen LogP contribution in [-0.4, -0.2) is 10.9 Å². The number of hydrogen-bond donors (Lipinski definition) is 2. The van der Waals surface area contributed by atoms with E-state index < -0.39 is 0 Å². The zero-order chi connectivity index (χ0) is 13.9. The summed E-state index contributed by atoms with van der Waals surface area (Å²) >= 11 is 0. The Balaban J connectivity index is 1.91. The normalized spacial score (nSPS) is 10.4. The smallest absolute Gasteiger partial charge is 0.255 e. The number of aromatic nitrogens is 1. The van der Waals surface area contributed by atoms with Crippen LogP contribution in [0.2, 0.25) is 0 Å². The topological polar surface area (TPSA) is 68.0 Å². The fourth-order valence-corrected chi connectivity index (χ4v) is 2.05. The van der Waals surface area contributed by atoms with Crippen molar-refractivity contribution in [1.82, 2.24) is 4.98 Å². The van der Waals surface area contributed by atoms with Crippen molar-refractivity contribution in [3.8, 4) is 0 Å². The minimum absolute atomic E-state index is 0.186.